The Labute approximate surface area is 199 Å². The third-order valence-electron chi connectivity index (χ3n) is 6.70. The van der Waals surface area contributed by atoms with Crippen molar-refractivity contribution in [1.29, 1.82) is 0 Å². The minimum absolute atomic E-state index is 0. The van der Waals surface area contributed by atoms with Crippen LogP contribution in [-0.4, -0.2) is 41.3 Å². The van der Waals surface area contributed by atoms with Crippen molar-refractivity contribution in [1.82, 2.24) is 4.90 Å². The minimum atomic E-state index is -0.611. The Morgan fingerprint density at radius 2 is 1.48 bits per heavy atom. The van der Waals surface area contributed by atoms with Gasteiger partial charge in [-0.05, 0) is 68.6 Å². The lowest BCUT2D eigenvalue weighted by Gasteiger charge is -2.43. The number of rotatable bonds is 6. The van der Waals surface area contributed by atoms with Crippen LogP contribution < -0.4 is 10.5 Å². The molecule has 172 valence electrons. The number of benzene rings is 2. The predicted octanol–water partition coefficient (Wildman–Crippen LogP) is 5.52. The summed E-state index contributed by atoms with van der Waals surface area (Å²) in [5.74, 6) is 1.80. The molecule has 1 aliphatic heterocycles. The highest BCUT2D eigenvalue weighted by Gasteiger charge is 2.39. The molecule has 2 aromatic carbocycles. The molecule has 6 heteroatoms. The van der Waals surface area contributed by atoms with E-state index in [0.717, 1.165) is 69.7 Å². The zero-order valence-electron chi connectivity index (χ0n) is 18.1. The molecule has 0 bridgehead atoms. The first-order chi connectivity index (χ1) is 14.1. The van der Waals surface area contributed by atoms with Gasteiger partial charge in [-0.1, -0.05) is 49.6 Å². The highest BCUT2D eigenvalue weighted by molar-refractivity contribution is 5.85. The summed E-state index contributed by atoms with van der Waals surface area (Å²) in [5, 5.41) is 11.6. The van der Waals surface area contributed by atoms with E-state index < -0.39 is 5.60 Å². The molecule has 1 aliphatic carbocycles. The molecule has 1 atom stereocenters. The maximum atomic E-state index is 11.6. The van der Waals surface area contributed by atoms with Crippen LogP contribution >= 0.6 is 24.8 Å². The lowest BCUT2D eigenvalue weighted by Crippen LogP contribution is -2.47. The Bertz CT molecular complexity index is 759. The fourth-order valence-electron chi connectivity index (χ4n) is 4.88. The first kappa shape index (κ1) is 26.0. The van der Waals surface area contributed by atoms with Crippen LogP contribution in [0.4, 0.5) is 0 Å². The van der Waals surface area contributed by atoms with Gasteiger partial charge in [0.1, 0.15) is 11.5 Å². The standard InChI is InChI=1S/C25H34N2O2.2ClH/c26-21-13-17-27(18-14-21)19-24(25(28)15-5-2-6-16-25)20-9-11-23(12-10-20)29-22-7-3-1-4-8-22;;/h1,3-4,7-12,21,24,28H,2,5-6,13-19,26H2;2*1H. The highest BCUT2D eigenvalue weighted by Crippen LogP contribution is 2.41. The van der Waals surface area contributed by atoms with E-state index in [1.54, 1.807) is 0 Å². The molecule has 0 amide bonds. The van der Waals surface area contributed by atoms with Gasteiger partial charge in [-0.15, -0.1) is 24.8 Å². The molecule has 31 heavy (non-hydrogen) atoms. The fraction of sp³-hybridized carbons (Fsp3) is 0.520. The lowest BCUT2D eigenvalue weighted by atomic mass is 9.72. The van der Waals surface area contributed by atoms with Gasteiger partial charge in [0.05, 0.1) is 5.60 Å². The molecule has 0 aromatic heterocycles. The van der Waals surface area contributed by atoms with Crippen molar-refractivity contribution in [2.75, 3.05) is 19.6 Å². The number of hydrogen-bond acceptors (Lipinski definition) is 4. The Morgan fingerprint density at radius 3 is 2.10 bits per heavy atom. The topological polar surface area (TPSA) is 58.7 Å². The summed E-state index contributed by atoms with van der Waals surface area (Å²) in [6.45, 7) is 2.97. The first-order valence-electron chi connectivity index (χ1n) is 11.2. The summed E-state index contributed by atoms with van der Waals surface area (Å²) in [5.41, 5.74) is 6.70. The number of halogens is 2. The molecular formula is C25H36Cl2N2O2. The van der Waals surface area contributed by atoms with Gasteiger partial charge >= 0.3 is 0 Å². The van der Waals surface area contributed by atoms with E-state index in [-0.39, 0.29) is 30.7 Å². The predicted molar refractivity (Wildman–Crippen MR) is 132 cm³/mol. The maximum Gasteiger partial charge on any atom is 0.127 e. The quantitative estimate of drug-likeness (QED) is 0.587. The van der Waals surface area contributed by atoms with E-state index in [0.29, 0.717) is 6.04 Å². The monoisotopic (exact) mass is 466 g/mol. The number of hydrogen-bond donors (Lipinski definition) is 2. The Morgan fingerprint density at radius 1 is 0.903 bits per heavy atom. The van der Waals surface area contributed by atoms with Crippen molar-refractivity contribution >= 4 is 24.8 Å². The molecule has 0 spiro atoms. The van der Waals surface area contributed by atoms with Crippen LogP contribution in [0, 0.1) is 0 Å². The number of piperidine rings is 1. The van der Waals surface area contributed by atoms with Gasteiger partial charge in [-0.3, -0.25) is 0 Å². The van der Waals surface area contributed by atoms with Crippen LogP contribution in [0.15, 0.2) is 54.6 Å². The zero-order valence-corrected chi connectivity index (χ0v) is 19.8. The maximum absolute atomic E-state index is 11.6. The van der Waals surface area contributed by atoms with Gasteiger partial charge in [-0.2, -0.15) is 0 Å². The second kappa shape index (κ2) is 12.1. The minimum Gasteiger partial charge on any atom is -0.457 e. The van der Waals surface area contributed by atoms with Gasteiger partial charge in [0, 0.05) is 18.5 Å². The largest absolute Gasteiger partial charge is 0.457 e. The number of nitrogens with two attached hydrogens (primary N) is 1. The molecule has 1 saturated carbocycles. The van der Waals surface area contributed by atoms with Crippen LogP contribution in [0.1, 0.15) is 56.4 Å². The molecular weight excluding hydrogens is 431 g/mol. The Hall–Kier alpha value is -1.30. The van der Waals surface area contributed by atoms with Gasteiger partial charge in [0.15, 0.2) is 0 Å². The van der Waals surface area contributed by atoms with Crippen LogP contribution in [0.25, 0.3) is 0 Å². The van der Waals surface area contributed by atoms with Crippen molar-refractivity contribution in [2.45, 2.75) is 62.5 Å². The summed E-state index contributed by atoms with van der Waals surface area (Å²) < 4.78 is 5.96. The summed E-state index contributed by atoms with van der Waals surface area (Å²) in [6.07, 6.45) is 7.36. The number of aliphatic hydroxyl groups is 1. The third-order valence-corrected chi connectivity index (χ3v) is 6.70. The van der Waals surface area contributed by atoms with E-state index in [1.807, 2.05) is 42.5 Å². The second-order valence-electron chi connectivity index (χ2n) is 8.84. The normalized spacial score (nSPS) is 20.2. The third kappa shape index (κ3) is 6.84. The van der Waals surface area contributed by atoms with E-state index >= 15 is 0 Å². The number of ether oxygens (including phenoxy) is 1. The first-order valence-corrected chi connectivity index (χ1v) is 11.2. The van der Waals surface area contributed by atoms with Crippen molar-refractivity contribution in [3.05, 3.63) is 60.2 Å². The van der Waals surface area contributed by atoms with Crippen molar-refractivity contribution in [2.24, 2.45) is 5.73 Å². The van der Waals surface area contributed by atoms with Crippen LogP contribution in [0.5, 0.6) is 11.5 Å². The molecule has 4 nitrogen and oxygen atoms in total. The van der Waals surface area contributed by atoms with E-state index in [4.69, 9.17) is 10.5 Å². The SMILES string of the molecule is Cl.Cl.NC1CCN(CC(c2ccc(Oc3ccccc3)cc2)C2(O)CCCCC2)CC1. The van der Waals surface area contributed by atoms with Gasteiger partial charge < -0.3 is 20.5 Å². The molecule has 2 fully saturated rings. The van der Waals surface area contributed by atoms with Crippen molar-refractivity contribution in [3.63, 3.8) is 0 Å². The fourth-order valence-corrected chi connectivity index (χ4v) is 4.88. The van der Waals surface area contributed by atoms with Gasteiger partial charge in [0.2, 0.25) is 0 Å². The van der Waals surface area contributed by atoms with Crippen LogP contribution in [0.2, 0.25) is 0 Å². The van der Waals surface area contributed by atoms with E-state index in [1.165, 1.54) is 12.0 Å². The molecule has 4 rings (SSSR count). The zero-order chi connectivity index (χ0) is 20.1. The summed E-state index contributed by atoms with van der Waals surface area (Å²) >= 11 is 0. The van der Waals surface area contributed by atoms with Crippen LogP contribution in [0.3, 0.4) is 0 Å². The molecule has 1 unspecified atom stereocenters. The van der Waals surface area contributed by atoms with E-state index in [2.05, 4.69) is 17.0 Å². The van der Waals surface area contributed by atoms with Crippen molar-refractivity contribution < 1.29 is 9.84 Å². The van der Waals surface area contributed by atoms with E-state index in [9.17, 15) is 5.11 Å². The Kier molecular flexibility index (Phi) is 10.1. The van der Waals surface area contributed by atoms with Gasteiger partial charge in [0.25, 0.3) is 0 Å². The van der Waals surface area contributed by atoms with Crippen molar-refractivity contribution in [3.8, 4) is 11.5 Å². The lowest BCUT2D eigenvalue weighted by molar-refractivity contribution is -0.0324. The molecule has 1 saturated heterocycles. The molecule has 1 heterocycles. The molecule has 3 N–H and O–H groups in total. The summed E-state index contributed by atoms with van der Waals surface area (Å²) in [7, 11) is 0. The smallest absolute Gasteiger partial charge is 0.127 e. The average Bonchev–Trinajstić information content (AvgIpc) is 2.75. The summed E-state index contributed by atoms with van der Waals surface area (Å²) in [6, 6.07) is 18.5. The summed E-state index contributed by atoms with van der Waals surface area (Å²) in [4.78, 5) is 2.50. The van der Waals surface area contributed by atoms with Crippen LogP contribution in [-0.2, 0) is 0 Å². The number of nitrogens with zero attached hydrogens (tertiary/aromatic N) is 1. The number of para-hydroxylation sites is 1. The second-order valence-corrected chi connectivity index (χ2v) is 8.84. The average molecular weight is 467 g/mol. The molecule has 2 aromatic rings. The van der Waals surface area contributed by atoms with Gasteiger partial charge in [-0.25, -0.2) is 0 Å². The highest BCUT2D eigenvalue weighted by atomic mass is 35.5. The Balaban J connectivity index is 0.00000171. The number of likely N-dealkylation sites (tertiary alicyclic amines) is 1. The molecule has 2 aliphatic rings. The molecule has 0 radical (unpaired) electrons.